The number of hydrogen-bond donors (Lipinski definition) is 1. The van der Waals surface area contributed by atoms with E-state index < -0.39 is 11.4 Å². The van der Waals surface area contributed by atoms with Crippen molar-refractivity contribution in [2.75, 3.05) is 0 Å². The molecule has 1 rings (SSSR count). The van der Waals surface area contributed by atoms with E-state index >= 15 is 0 Å². The molecule has 0 saturated carbocycles. The summed E-state index contributed by atoms with van der Waals surface area (Å²) in [5, 5.41) is 9.13. The first-order valence-electron chi connectivity index (χ1n) is 5.83. The van der Waals surface area contributed by atoms with E-state index in [2.05, 4.69) is 22.6 Å². The maximum absolute atomic E-state index is 11.9. The van der Waals surface area contributed by atoms with E-state index in [4.69, 9.17) is 5.11 Å². The molecular weight excluding hydrogens is 343 g/mol. The molecule has 0 fully saturated rings. The fourth-order valence-corrected chi connectivity index (χ4v) is 1.90. The molecule has 3 nitrogen and oxygen atoms in total. The van der Waals surface area contributed by atoms with Crippen LogP contribution >= 0.6 is 22.6 Å². The van der Waals surface area contributed by atoms with E-state index in [9.17, 15) is 9.59 Å². The lowest BCUT2D eigenvalue weighted by molar-refractivity contribution is -0.142. The van der Waals surface area contributed by atoms with Crippen molar-refractivity contribution in [3.63, 3.8) is 0 Å². The fraction of sp³-hybridized carbons (Fsp3) is 0.429. The van der Waals surface area contributed by atoms with E-state index in [1.54, 1.807) is 38.1 Å². The van der Waals surface area contributed by atoms with Gasteiger partial charge in [0.25, 0.3) is 0 Å². The number of ketones is 1. The molecule has 1 atom stereocenters. The van der Waals surface area contributed by atoms with E-state index in [0.29, 0.717) is 11.1 Å². The Bertz CT molecular complexity index is 449. The van der Waals surface area contributed by atoms with Crippen LogP contribution in [0.15, 0.2) is 24.3 Å². The average Bonchev–Trinajstić information content (AvgIpc) is 2.36. The first-order chi connectivity index (χ1) is 8.30. The number of hydrogen-bond acceptors (Lipinski definition) is 2. The van der Waals surface area contributed by atoms with Crippen molar-refractivity contribution in [3.05, 3.63) is 35.4 Å². The Balaban J connectivity index is 3.00. The number of carboxylic acids is 1. The summed E-state index contributed by atoms with van der Waals surface area (Å²) in [5.41, 5.74) is 0.407. The maximum atomic E-state index is 11.9. The Morgan fingerprint density at radius 2 is 1.78 bits per heavy atom. The predicted octanol–water partition coefficient (Wildman–Crippen LogP) is 3.45. The van der Waals surface area contributed by atoms with Crippen LogP contribution in [0.2, 0.25) is 0 Å². The second kappa shape index (κ2) is 5.82. The molecule has 0 saturated heterocycles. The van der Waals surface area contributed by atoms with Gasteiger partial charge in [-0.3, -0.25) is 9.59 Å². The summed E-state index contributed by atoms with van der Waals surface area (Å²) in [7, 11) is 0. The number of alkyl halides is 1. The topological polar surface area (TPSA) is 54.4 Å². The van der Waals surface area contributed by atoms with Crippen LogP contribution in [-0.4, -0.2) is 20.8 Å². The van der Waals surface area contributed by atoms with Crippen molar-refractivity contribution in [2.24, 2.45) is 0 Å². The van der Waals surface area contributed by atoms with Crippen LogP contribution in [0.1, 0.15) is 43.1 Å². The summed E-state index contributed by atoms with van der Waals surface area (Å²) in [6, 6.07) is 6.87. The number of carboxylic acid groups (broad SMARTS) is 1. The number of halogens is 1. The van der Waals surface area contributed by atoms with E-state index in [-0.39, 0.29) is 9.71 Å². The zero-order valence-corrected chi connectivity index (χ0v) is 12.9. The van der Waals surface area contributed by atoms with Crippen LogP contribution in [0.3, 0.4) is 0 Å². The van der Waals surface area contributed by atoms with Gasteiger partial charge in [0.2, 0.25) is 0 Å². The van der Waals surface area contributed by atoms with E-state index in [1.807, 2.05) is 6.92 Å². The summed E-state index contributed by atoms with van der Waals surface area (Å²) < 4.78 is -0.0269. The zero-order valence-electron chi connectivity index (χ0n) is 10.7. The van der Waals surface area contributed by atoms with Gasteiger partial charge in [-0.25, -0.2) is 0 Å². The second-order valence-electron chi connectivity index (χ2n) is 4.75. The van der Waals surface area contributed by atoms with Crippen LogP contribution < -0.4 is 0 Å². The third-order valence-electron chi connectivity index (χ3n) is 3.07. The minimum absolute atomic E-state index is 0.0269. The van der Waals surface area contributed by atoms with Gasteiger partial charge in [0.1, 0.15) is 0 Å². The molecule has 0 radical (unpaired) electrons. The molecule has 0 bridgehead atoms. The highest BCUT2D eigenvalue weighted by atomic mass is 127. The standard InChI is InChI=1S/C14H17IO3/c1-4-11(15)12(16)9-5-7-10(8-6-9)14(2,3)13(17)18/h5-8,11H,4H2,1-3H3,(H,17,18). The lowest BCUT2D eigenvalue weighted by Gasteiger charge is -2.19. The fourth-order valence-electron chi connectivity index (χ4n) is 1.54. The molecule has 0 aromatic heterocycles. The number of carbonyl (C=O) groups is 2. The number of aliphatic carboxylic acids is 1. The highest BCUT2D eigenvalue weighted by Gasteiger charge is 2.29. The van der Waals surface area contributed by atoms with Gasteiger partial charge >= 0.3 is 5.97 Å². The molecule has 1 aromatic carbocycles. The Morgan fingerprint density at radius 1 is 1.28 bits per heavy atom. The molecule has 4 heteroatoms. The third-order valence-corrected chi connectivity index (χ3v) is 4.52. The Kier molecular flexibility index (Phi) is 4.90. The largest absolute Gasteiger partial charge is 0.481 e. The molecule has 0 aliphatic carbocycles. The summed E-state index contributed by atoms with van der Waals surface area (Å²) in [6.45, 7) is 5.27. The molecule has 1 aromatic rings. The quantitative estimate of drug-likeness (QED) is 0.497. The molecule has 18 heavy (non-hydrogen) atoms. The molecule has 0 spiro atoms. The number of carbonyl (C=O) groups excluding carboxylic acids is 1. The Labute approximate surface area is 121 Å². The SMILES string of the molecule is CCC(I)C(=O)c1ccc(C(C)(C)C(=O)O)cc1. The van der Waals surface area contributed by atoms with E-state index in [1.165, 1.54) is 0 Å². The first-order valence-corrected chi connectivity index (χ1v) is 7.07. The number of rotatable bonds is 5. The summed E-state index contributed by atoms with van der Waals surface area (Å²) in [6.07, 6.45) is 0.793. The predicted molar refractivity (Wildman–Crippen MR) is 79.5 cm³/mol. The highest BCUT2D eigenvalue weighted by molar-refractivity contribution is 14.1. The van der Waals surface area contributed by atoms with Gasteiger partial charge in [-0.15, -0.1) is 0 Å². The van der Waals surface area contributed by atoms with Crippen molar-refractivity contribution in [3.8, 4) is 0 Å². The molecular formula is C14H17IO3. The van der Waals surface area contributed by atoms with Crippen molar-refractivity contribution in [1.82, 2.24) is 0 Å². The van der Waals surface area contributed by atoms with Gasteiger partial charge in [-0.2, -0.15) is 0 Å². The summed E-state index contributed by atoms with van der Waals surface area (Å²) in [5.74, 6) is -0.778. The molecule has 0 aliphatic heterocycles. The van der Waals surface area contributed by atoms with Crippen molar-refractivity contribution in [2.45, 2.75) is 36.5 Å². The zero-order chi connectivity index (χ0) is 13.9. The van der Waals surface area contributed by atoms with Crippen molar-refractivity contribution in [1.29, 1.82) is 0 Å². The third kappa shape index (κ3) is 3.10. The monoisotopic (exact) mass is 360 g/mol. The van der Waals surface area contributed by atoms with Gasteiger partial charge in [-0.05, 0) is 25.8 Å². The van der Waals surface area contributed by atoms with E-state index in [0.717, 1.165) is 6.42 Å². The average molecular weight is 360 g/mol. The van der Waals surface area contributed by atoms with Crippen LogP contribution in [0.5, 0.6) is 0 Å². The van der Waals surface area contributed by atoms with Crippen molar-refractivity contribution >= 4 is 34.3 Å². The van der Waals surface area contributed by atoms with Crippen LogP contribution in [0.4, 0.5) is 0 Å². The molecule has 0 aliphatic rings. The minimum atomic E-state index is -0.934. The molecule has 0 heterocycles. The number of Topliss-reactive ketones (excluding diaryl/α,β-unsaturated/α-hetero) is 1. The number of benzene rings is 1. The van der Waals surface area contributed by atoms with Crippen LogP contribution in [0, 0.1) is 0 Å². The Hall–Kier alpha value is -0.910. The second-order valence-corrected chi connectivity index (χ2v) is 6.25. The molecule has 98 valence electrons. The molecule has 1 unspecified atom stereocenters. The lowest BCUT2D eigenvalue weighted by atomic mass is 9.84. The smallest absolute Gasteiger partial charge is 0.313 e. The van der Waals surface area contributed by atoms with Crippen molar-refractivity contribution < 1.29 is 14.7 Å². The van der Waals surface area contributed by atoms with Gasteiger partial charge < -0.3 is 5.11 Å². The molecule has 1 N–H and O–H groups in total. The normalized spacial score (nSPS) is 13.1. The summed E-state index contributed by atoms with van der Waals surface area (Å²) in [4.78, 5) is 23.1. The summed E-state index contributed by atoms with van der Waals surface area (Å²) >= 11 is 2.13. The van der Waals surface area contributed by atoms with Gasteiger partial charge in [-0.1, -0.05) is 53.8 Å². The first kappa shape index (κ1) is 15.1. The highest BCUT2D eigenvalue weighted by Crippen LogP contribution is 2.24. The maximum Gasteiger partial charge on any atom is 0.313 e. The minimum Gasteiger partial charge on any atom is -0.481 e. The van der Waals surface area contributed by atoms with Gasteiger partial charge in [0.15, 0.2) is 5.78 Å². The Morgan fingerprint density at radius 3 is 2.17 bits per heavy atom. The van der Waals surface area contributed by atoms with Gasteiger partial charge in [0.05, 0.1) is 9.34 Å². The lowest BCUT2D eigenvalue weighted by Crippen LogP contribution is -2.28. The van der Waals surface area contributed by atoms with Crippen LogP contribution in [-0.2, 0) is 10.2 Å². The van der Waals surface area contributed by atoms with Gasteiger partial charge in [0, 0.05) is 5.56 Å². The molecule has 0 amide bonds. The van der Waals surface area contributed by atoms with Crippen LogP contribution in [0.25, 0.3) is 0 Å².